The van der Waals surface area contributed by atoms with Gasteiger partial charge in [-0.25, -0.2) is 4.98 Å². The van der Waals surface area contributed by atoms with Crippen LogP contribution in [0.4, 0.5) is 0 Å². The zero-order valence-corrected chi connectivity index (χ0v) is 17.7. The van der Waals surface area contributed by atoms with Crippen LogP contribution in [-0.4, -0.2) is 31.7 Å². The highest BCUT2D eigenvalue weighted by Gasteiger charge is 2.21. The van der Waals surface area contributed by atoms with Gasteiger partial charge in [0.1, 0.15) is 11.7 Å². The molecule has 2 heterocycles. The lowest BCUT2D eigenvalue weighted by atomic mass is 10.1. The summed E-state index contributed by atoms with van der Waals surface area (Å²) in [4.78, 5) is 31.8. The number of aryl methyl sites for hydroxylation is 2. The molecular weight excluding hydrogens is 392 g/mol. The van der Waals surface area contributed by atoms with Gasteiger partial charge >= 0.3 is 5.97 Å². The predicted molar refractivity (Wildman–Crippen MR) is 122 cm³/mol. The van der Waals surface area contributed by atoms with Gasteiger partial charge in [-0.1, -0.05) is 31.2 Å². The lowest BCUT2D eigenvalue weighted by Gasteiger charge is -2.12. The van der Waals surface area contributed by atoms with Crippen LogP contribution >= 0.6 is 0 Å². The van der Waals surface area contributed by atoms with Crippen molar-refractivity contribution >= 4 is 27.9 Å². The molecule has 0 aliphatic heterocycles. The molecule has 1 atom stereocenters. The first kappa shape index (κ1) is 20.8. The standard InChI is InChI=1S/C24H26N4O3/c1-3-19-21(22-23(29)27-17-11-10-14(2)13-18(17)26-22)15-7-4-5-9-20(15)28(19)12-6-8-16(25)24(30)31/h4-5,7,9-11,13,16H,3,6,8,12,25H2,1-2H3,(H,27,29)(H,30,31). The number of rotatable bonds is 7. The summed E-state index contributed by atoms with van der Waals surface area (Å²) in [6, 6.07) is 12.9. The first-order valence-electron chi connectivity index (χ1n) is 10.5. The van der Waals surface area contributed by atoms with Gasteiger partial charge in [-0.3, -0.25) is 9.59 Å². The monoisotopic (exact) mass is 418 g/mol. The number of carboxylic acids is 1. The van der Waals surface area contributed by atoms with Gasteiger partial charge in [0.25, 0.3) is 5.56 Å². The molecule has 0 aliphatic carbocycles. The Morgan fingerprint density at radius 2 is 2.03 bits per heavy atom. The molecule has 7 heteroatoms. The number of fused-ring (bicyclic) bond motifs is 2. The van der Waals surface area contributed by atoms with Crippen molar-refractivity contribution in [3.05, 3.63) is 64.1 Å². The molecule has 0 bridgehead atoms. The van der Waals surface area contributed by atoms with Gasteiger partial charge in [0.05, 0.1) is 11.0 Å². The van der Waals surface area contributed by atoms with E-state index in [1.165, 1.54) is 0 Å². The third kappa shape index (κ3) is 3.84. The van der Waals surface area contributed by atoms with E-state index in [4.69, 9.17) is 15.8 Å². The van der Waals surface area contributed by atoms with E-state index in [2.05, 4.69) is 16.5 Å². The molecule has 160 valence electrons. The van der Waals surface area contributed by atoms with E-state index in [1.54, 1.807) is 0 Å². The minimum Gasteiger partial charge on any atom is -0.480 e. The van der Waals surface area contributed by atoms with E-state index in [1.807, 2.05) is 49.4 Å². The molecule has 0 spiro atoms. The number of benzene rings is 2. The second-order valence-electron chi connectivity index (χ2n) is 7.87. The number of aromatic nitrogens is 3. The quantitative estimate of drug-likeness (QED) is 0.424. The highest BCUT2D eigenvalue weighted by Crippen LogP contribution is 2.34. The average Bonchev–Trinajstić information content (AvgIpc) is 3.06. The predicted octanol–water partition coefficient (Wildman–Crippen LogP) is 3.61. The van der Waals surface area contributed by atoms with Crippen LogP contribution in [0.1, 0.15) is 31.0 Å². The topological polar surface area (TPSA) is 114 Å². The number of carboxylic acid groups (broad SMARTS) is 1. The van der Waals surface area contributed by atoms with Crippen molar-refractivity contribution in [1.82, 2.24) is 14.5 Å². The number of nitrogens with two attached hydrogens (primary N) is 1. The van der Waals surface area contributed by atoms with E-state index >= 15 is 0 Å². The van der Waals surface area contributed by atoms with Gasteiger partial charge < -0.3 is 20.4 Å². The van der Waals surface area contributed by atoms with Crippen molar-refractivity contribution in [2.45, 2.75) is 45.7 Å². The van der Waals surface area contributed by atoms with Crippen LogP contribution in [0.5, 0.6) is 0 Å². The Morgan fingerprint density at radius 3 is 2.77 bits per heavy atom. The van der Waals surface area contributed by atoms with Gasteiger partial charge in [0, 0.05) is 28.7 Å². The fraction of sp³-hybridized carbons (Fsp3) is 0.292. The lowest BCUT2D eigenvalue weighted by molar-refractivity contribution is -0.138. The molecule has 0 fully saturated rings. The van der Waals surface area contributed by atoms with Crippen molar-refractivity contribution in [1.29, 1.82) is 0 Å². The van der Waals surface area contributed by atoms with E-state index < -0.39 is 12.0 Å². The number of H-pyrrole nitrogens is 1. The molecule has 0 radical (unpaired) electrons. The Morgan fingerprint density at radius 1 is 1.26 bits per heavy atom. The maximum atomic E-state index is 13.0. The second kappa shape index (κ2) is 8.35. The van der Waals surface area contributed by atoms with Crippen LogP contribution in [0.15, 0.2) is 47.3 Å². The van der Waals surface area contributed by atoms with Gasteiger partial charge in [0.2, 0.25) is 0 Å². The third-order valence-electron chi connectivity index (χ3n) is 5.71. The minimum atomic E-state index is -0.990. The number of nitrogens with zero attached hydrogens (tertiary/aromatic N) is 2. The highest BCUT2D eigenvalue weighted by molar-refractivity contribution is 5.98. The van der Waals surface area contributed by atoms with E-state index in [0.29, 0.717) is 37.0 Å². The molecular formula is C24H26N4O3. The molecule has 4 aromatic rings. The summed E-state index contributed by atoms with van der Waals surface area (Å²) >= 11 is 0. The van der Waals surface area contributed by atoms with Crippen LogP contribution in [0.25, 0.3) is 33.2 Å². The molecule has 0 amide bonds. The Labute approximate surface area is 179 Å². The smallest absolute Gasteiger partial charge is 0.320 e. The summed E-state index contributed by atoms with van der Waals surface area (Å²) in [5.41, 5.74) is 11.3. The summed E-state index contributed by atoms with van der Waals surface area (Å²) in [5.74, 6) is -0.990. The largest absolute Gasteiger partial charge is 0.480 e. The molecule has 4 rings (SSSR count). The Bertz CT molecular complexity index is 1340. The second-order valence-corrected chi connectivity index (χ2v) is 7.87. The zero-order chi connectivity index (χ0) is 22.1. The maximum absolute atomic E-state index is 13.0. The van der Waals surface area contributed by atoms with Crippen LogP contribution < -0.4 is 11.3 Å². The lowest BCUT2D eigenvalue weighted by Crippen LogP contribution is -2.30. The summed E-state index contributed by atoms with van der Waals surface area (Å²) < 4.78 is 2.17. The van der Waals surface area contributed by atoms with Crippen LogP contribution in [0, 0.1) is 6.92 Å². The number of hydrogen-bond acceptors (Lipinski definition) is 4. The molecule has 2 aromatic carbocycles. The number of nitrogens with one attached hydrogen (secondary N) is 1. The summed E-state index contributed by atoms with van der Waals surface area (Å²) in [6.07, 6.45) is 1.72. The summed E-state index contributed by atoms with van der Waals surface area (Å²) in [5, 5.41) is 10.0. The van der Waals surface area contributed by atoms with Crippen molar-refractivity contribution in [3.63, 3.8) is 0 Å². The SMILES string of the molecule is CCc1c(-c2nc3cc(C)ccc3[nH]c2=O)c2ccccc2n1CCCC(N)C(=O)O. The number of hydrogen-bond donors (Lipinski definition) is 3. The average molecular weight is 418 g/mol. The van der Waals surface area contributed by atoms with Crippen LogP contribution in [0.3, 0.4) is 0 Å². The number of carbonyl (C=O) groups is 1. The Kier molecular flexibility index (Phi) is 5.61. The number of aromatic amines is 1. The van der Waals surface area contributed by atoms with E-state index in [9.17, 15) is 9.59 Å². The first-order valence-corrected chi connectivity index (χ1v) is 10.5. The molecule has 2 aromatic heterocycles. The fourth-order valence-corrected chi connectivity index (χ4v) is 4.20. The minimum absolute atomic E-state index is 0.221. The summed E-state index contributed by atoms with van der Waals surface area (Å²) in [6.45, 7) is 4.67. The van der Waals surface area contributed by atoms with E-state index in [0.717, 1.165) is 33.2 Å². The molecule has 7 nitrogen and oxygen atoms in total. The molecule has 1 unspecified atom stereocenters. The Hall–Kier alpha value is -3.45. The van der Waals surface area contributed by atoms with Crippen LogP contribution in [0.2, 0.25) is 0 Å². The van der Waals surface area contributed by atoms with Gasteiger partial charge in [-0.05, 0) is 49.9 Å². The van der Waals surface area contributed by atoms with Crippen molar-refractivity contribution in [2.75, 3.05) is 0 Å². The molecule has 0 aliphatic rings. The molecule has 4 N–H and O–H groups in total. The molecule has 31 heavy (non-hydrogen) atoms. The first-order chi connectivity index (χ1) is 14.9. The van der Waals surface area contributed by atoms with Crippen molar-refractivity contribution in [2.24, 2.45) is 5.73 Å². The summed E-state index contributed by atoms with van der Waals surface area (Å²) in [7, 11) is 0. The zero-order valence-electron chi connectivity index (χ0n) is 17.7. The maximum Gasteiger partial charge on any atom is 0.320 e. The molecule has 0 saturated heterocycles. The molecule has 0 saturated carbocycles. The van der Waals surface area contributed by atoms with E-state index in [-0.39, 0.29) is 5.56 Å². The third-order valence-corrected chi connectivity index (χ3v) is 5.71. The van der Waals surface area contributed by atoms with Crippen molar-refractivity contribution in [3.8, 4) is 11.3 Å². The fourth-order valence-electron chi connectivity index (χ4n) is 4.20. The van der Waals surface area contributed by atoms with Crippen molar-refractivity contribution < 1.29 is 9.90 Å². The normalized spacial score (nSPS) is 12.5. The highest BCUT2D eigenvalue weighted by atomic mass is 16.4. The van der Waals surface area contributed by atoms with Gasteiger partial charge in [-0.15, -0.1) is 0 Å². The number of aliphatic carboxylic acids is 1. The number of para-hydroxylation sites is 1. The Balaban J connectivity index is 1.87. The van der Waals surface area contributed by atoms with Gasteiger partial charge in [-0.2, -0.15) is 0 Å². The van der Waals surface area contributed by atoms with Gasteiger partial charge in [0.15, 0.2) is 0 Å². The van der Waals surface area contributed by atoms with Crippen LogP contribution in [-0.2, 0) is 17.8 Å².